The minimum Gasteiger partial charge on any atom is -0.383 e. The number of alkyl halides is 3. The number of hydrogen-bond donors (Lipinski definition) is 2. The summed E-state index contributed by atoms with van der Waals surface area (Å²) >= 11 is 0. The summed E-state index contributed by atoms with van der Waals surface area (Å²) in [6.07, 6.45) is -5.18. The molecule has 102 valence electrons. The maximum atomic E-state index is 12.0. The van der Waals surface area contributed by atoms with Gasteiger partial charge in [-0.1, -0.05) is 0 Å². The fourth-order valence-corrected chi connectivity index (χ4v) is 1.36. The molecular formula is C10H11F3N6. The van der Waals surface area contributed by atoms with E-state index >= 15 is 0 Å². The summed E-state index contributed by atoms with van der Waals surface area (Å²) in [5.74, 6) is 0.0365. The van der Waals surface area contributed by atoms with E-state index < -0.39 is 19.1 Å². The molecule has 1 aromatic rings. The molecule has 0 aliphatic carbocycles. The lowest BCUT2D eigenvalue weighted by atomic mass is 10.3. The molecule has 0 amide bonds. The zero-order chi connectivity index (χ0) is 14.5. The van der Waals surface area contributed by atoms with Crippen LogP contribution in [-0.2, 0) is 6.54 Å². The van der Waals surface area contributed by atoms with Gasteiger partial charge in [-0.15, -0.1) is 0 Å². The monoisotopic (exact) mass is 272 g/mol. The van der Waals surface area contributed by atoms with Crippen molar-refractivity contribution in [3.8, 4) is 12.1 Å². The SMILES string of the molecule is N#CCCn1nc(NCCC(F)(F)F)c(C#N)c1N. The van der Waals surface area contributed by atoms with Crippen molar-refractivity contribution < 1.29 is 13.2 Å². The molecule has 9 heteroatoms. The van der Waals surface area contributed by atoms with Gasteiger partial charge in [-0.2, -0.15) is 28.8 Å². The summed E-state index contributed by atoms with van der Waals surface area (Å²) in [5, 5.41) is 23.6. The van der Waals surface area contributed by atoms with Crippen molar-refractivity contribution in [3.63, 3.8) is 0 Å². The van der Waals surface area contributed by atoms with Crippen LogP contribution in [0.5, 0.6) is 0 Å². The van der Waals surface area contributed by atoms with E-state index in [0.717, 1.165) is 0 Å². The number of anilines is 2. The number of nitrogen functional groups attached to an aromatic ring is 1. The molecule has 1 heterocycles. The molecule has 0 unspecified atom stereocenters. The first-order valence-electron chi connectivity index (χ1n) is 5.33. The smallest absolute Gasteiger partial charge is 0.383 e. The highest BCUT2D eigenvalue weighted by Gasteiger charge is 2.26. The van der Waals surface area contributed by atoms with E-state index in [2.05, 4.69) is 10.4 Å². The van der Waals surface area contributed by atoms with Crippen molar-refractivity contribution >= 4 is 11.6 Å². The van der Waals surface area contributed by atoms with E-state index in [-0.39, 0.29) is 30.2 Å². The third-order valence-corrected chi connectivity index (χ3v) is 2.24. The van der Waals surface area contributed by atoms with Gasteiger partial charge in [0.15, 0.2) is 5.82 Å². The number of halogens is 3. The highest BCUT2D eigenvalue weighted by molar-refractivity contribution is 5.63. The van der Waals surface area contributed by atoms with E-state index in [1.807, 2.05) is 6.07 Å². The Morgan fingerprint density at radius 3 is 2.58 bits per heavy atom. The van der Waals surface area contributed by atoms with Crippen LogP contribution >= 0.6 is 0 Å². The molecule has 6 nitrogen and oxygen atoms in total. The minimum atomic E-state index is -4.28. The molecule has 0 saturated carbocycles. The first-order chi connectivity index (χ1) is 8.89. The van der Waals surface area contributed by atoms with E-state index in [1.165, 1.54) is 4.68 Å². The Bertz CT molecular complexity index is 519. The molecule has 19 heavy (non-hydrogen) atoms. The van der Waals surface area contributed by atoms with Gasteiger partial charge in [-0.3, -0.25) is 0 Å². The normalized spacial score (nSPS) is 10.8. The van der Waals surface area contributed by atoms with Crippen LogP contribution in [0.4, 0.5) is 24.8 Å². The van der Waals surface area contributed by atoms with Gasteiger partial charge in [0, 0.05) is 6.54 Å². The van der Waals surface area contributed by atoms with Crippen molar-refractivity contribution in [2.24, 2.45) is 0 Å². The summed E-state index contributed by atoms with van der Waals surface area (Å²) < 4.78 is 37.2. The second kappa shape index (κ2) is 5.96. The molecule has 0 spiro atoms. The maximum absolute atomic E-state index is 12.0. The van der Waals surface area contributed by atoms with Crippen molar-refractivity contribution in [3.05, 3.63) is 5.56 Å². The number of nitrogens with one attached hydrogen (secondary N) is 1. The molecule has 0 bridgehead atoms. The number of nitrogens with two attached hydrogens (primary N) is 1. The molecule has 0 aromatic carbocycles. The highest BCUT2D eigenvalue weighted by Crippen LogP contribution is 2.23. The van der Waals surface area contributed by atoms with Gasteiger partial charge < -0.3 is 11.1 Å². The Hall–Kier alpha value is -2.42. The largest absolute Gasteiger partial charge is 0.390 e. The van der Waals surface area contributed by atoms with E-state index in [0.29, 0.717) is 0 Å². The Morgan fingerprint density at radius 1 is 1.37 bits per heavy atom. The predicted octanol–water partition coefficient (Wildman–Crippen LogP) is 1.61. The van der Waals surface area contributed by atoms with Gasteiger partial charge in [0.25, 0.3) is 0 Å². The zero-order valence-corrected chi connectivity index (χ0v) is 9.83. The Labute approximate surface area is 107 Å². The molecule has 0 radical (unpaired) electrons. The zero-order valence-electron chi connectivity index (χ0n) is 9.83. The molecule has 0 saturated heterocycles. The summed E-state index contributed by atoms with van der Waals surface area (Å²) in [5.41, 5.74) is 5.61. The van der Waals surface area contributed by atoms with E-state index in [1.54, 1.807) is 6.07 Å². The maximum Gasteiger partial charge on any atom is 0.390 e. The third-order valence-electron chi connectivity index (χ3n) is 2.24. The highest BCUT2D eigenvalue weighted by atomic mass is 19.4. The molecule has 0 fully saturated rings. The quantitative estimate of drug-likeness (QED) is 0.847. The Balaban J connectivity index is 2.78. The van der Waals surface area contributed by atoms with Crippen molar-refractivity contribution in [2.75, 3.05) is 17.6 Å². The second-order valence-electron chi connectivity index (χ2n) is 3.64. The van der Waals surface area contributed by atoms with Crippen LogP contribution < -0.4 is 11.1 Å². The van der Waals surface area contributed by atoms with Crippen molar-refractivity contribution in [2.45, 2.75) is 25.6 Å². The Morgan fingerprint density at radius 2 is 2.05 bits per heavy atom. The number of aromatic nitrogens is 2. The fourth-order valence-electron chi connectivity index (χ4n) is 1.36. The van der Waals surface area contributed by atoms with E-state index in [4.69, 9.17) is 16.3 Å². The number of nitriles is 2. The van der Waals surface area contributed by atoms with Gasteiger partial charge in [-0.25, -0.2) is 4.68 Å². The minimum absolute atomic E-state index is 0.00203. The van der Waals surface area contributed by atoms with Crippen molar-refractivity contribution in [1.29, 1.82) is 10.5 Å². The molecule has 0 aliphatic heterocycles. The number of aryl methyl sites for hydroxylation is 1. The van der Waals surface area contributed by atoms with Crippen LogP contribution in [0.1, 0.15) is 18.4 Å². The molecule has 0 atom stereocenters. The average molecular weight is 272 g/mol. The predicted molar refractivity (Wildman–Crippen MR) is 60.7 cm³/mol. The number of hydrogen-bond acceptors (Lipinski definition) is 5. The summed E-state index contributed by atoms with van der Waals surface area (Å²) in [4.78, 5) is 0. The van der Waals surface area contributed by atoms with Gasteiger partial charge >= 0.3 is 6.18 Å². The Kier molecular flexibility index (Phi) is 4.59. The molecule has 0 aliphatic rings. The summed E-state index contributed by atoms with van der Waals surface area (Å²) in [7, 11) is 0. The van der Waals surface area contributed by atoms with Gasteiger partial charge in [0.05, 0.1) is 25.5 Å². The molecule has 1 rings (SSSR count). The third kappa shape index (κ3) is 4.07. The molecular weight excluding hydrogens is 261 g/mol. The van der Waals surface area contributed by atoms with Crippen LogP contribution in [-0.4, -0.2) is 22.5 Å². The van der Waals surface area contributed by atoms with Gasteiger partial charge in [0.2, 0.25) is 0 Å². The fraction of sp³-hybridized carbons (Fsp3) is 0.500. The van der Waals surface area contributed by atoms with Gasteiger partial charge in [-0.05, 0) is 0 Å². The standard InChI is InChI=1S/C10H11F3N6/c11-10(12,13)2-4-17-9-7(6-15)8(16)19(18-9)5-1-3-14/h1-2,4-5,16H2,(H,17,18). The van der Waals surface area contributed by atoms with Crippen LogP contribution in [0.15, 0.2) is 0 Å². The first-order valence-corrected chi connectivity index (χ1v) is 5.33. The molecule has 1 aromatic heterocycles. The lowest BCUT2D eigenvalue weighted by Crippen LogP contribution is -2.15. The van der Waals surface area contributed by atoms with Gasteiger partial charge in [0.1, 0.15) is 17.5 Å². The van der Waals surface area contributed by atoms with Crippen LogP contribution in [0.25, 0.3) is 0 Å². The van der Waals surface area contributed by atoms with Crippen LogP contribution in [0.2, 0.25) is 0 Å². The van der Waals surface area contributed by atoms with E-state index in [9.17, 15) is 13.2 Å². The van der Waals surface area contributed by atoms with Crippen LogP contribution in [0.3, 0.4) is 0 Å². The number of rotatable bonds is 5. The number of nitrogens with zero attached hydrogens (tertiary/aromatic N) is 4. The lowest BCUT2D eigenvalue weighted by molar-refractivity contribution is -0.131. The molecule has 3 N–H and O–H groups in total. The second-order valence-corrected chi connectivity index (χ2v) is 3.64. The topological polar surface area (TPSA) is 103 Å². The first kappa shape index (κ1) is 14.6. The lowest BCUT2D eigenvalue weighted by Gasteiger charge is -2.06. The van der Waals surface area contributed by atoms with Crippen molar-refractivity contribution in [1.82, 2.24) is 9.78 Å². The van der Waals surface area contributed by atoms with Crippen LogP contribution in [0, 0.1) is 22.7 Å². The summed E-state index contributed by atoms with van der Waals surface area (Å²) in [6.45, 7) is -0.217. The average Bonchev–Trinajstić information content (AvgIpc) is 2.61. The summed E-state index contributed by atoms with van der Waals surface area (Å²) in [6, 6.07) is 3.66.